The van der Waals surface area contributed by atoms with Crippen molar-refractivity contribution in [2.45, 2.75) is 20.3 Å². The Morgan fingerprint density at radius 2 is 1.84 bits per heavy atom. The molecule has 0 amide bonds. The van der Waals surface area contributed by atoms with Crippen LogP contribution in [0, 0.1) is 22.0 Å². The summed E-state index contributed by atoms with van der Waals surface area (Å²) in [6.45, 7) is 5.99. The number of hydrogen-bond donors (Lipinski definition) is 2. The first kappa shape index (κ1) is 16.9. The zero-order valence-corrected chi connectivity index (χ0v) is 14.3. The summed E-state index contributed by atoms with van der Waals surface area (Å²) in [4.78, 5) is 21.5. The molecule has 0 unspecified atom stereocenters. The third-order valence-corrected chi connectivity index (χ3v) is 4.27. The van der Waals surface area contributed by atoms with Crippen LogP contribution in [-0.4, -0.2) is 28.0 Å². The molecule has 2 heterocycles. The molecule has 3 N–H and O–H groups in total. The summed E-state index contributed by atoms with van der Waals surface area (Å²) in [5.41, 5.74) is 6.30. The van der Waals surface area contributed by atoms with Crippen LogP contribution in [0.1, 0.15) is 20.3 Å². The number of aromatic nitrogens is 2. The van der Waals surface area contributed by atoms with Gasteiger partial charge in [0.1, 0.15) is 0 Å². The van der Waals surface area contributed by atoms with E-state index < -0.39 is 4.92 Å². The Bertz CT molecular complexity index is 757. The van der Waals surface area contributed by atoms with Crippen molar-refractivity contribution in [1.29, 1.82) is 0 Å². The smallest absolute Gasteiger partial charge is 0.353 e. The minimum Gasteiger partial charge on any atom is -0.378 e. The number of nitrogens with zero attached hydrogens (tertiary/aromatic N) is 4. The summed E-state index contributed by atoms with van der Waals surface area (Å²) in [7, 11) is 0. The molecule has 1 saturated heterocycles. The van der Waals surface area contributed by atoms with E-state index in [0.29, 0.717) is 23.5 Å². The van der Waals surface area contributed by atoms with Gasteiger partial charge in [0, 0.05) is 18.8 Å². The van der Waals surface area contributed by atoms with Gasteiger partial charge in [0.05, 0.1) is 4.92 Å². The zero-order valence-electron chi connectivity index (χ0n) is 14.3. The maximum Gasteiger partial charge on any atom is 0.353 e. The lowest BCUT2D eigenvalue weighted by molar-refractivity contribution is -0.383. The highest BCUT2D eigenvalue weighted by atomic mass is 16.6. The van der Waals surface area contributed by atoms with Crippen LogP contribution < -0.4 is 16.0 Å². The molecule has 3 rings (SSSR count). The maximum atomic E-state index is 11.4. The lowest BCUT2D eigenvalue weighted by Crippen LogP contribution is -2.39. The number of piperidine rings is 1. The average Bonchev–Trinajstić information content (AvgIpc) is 2.54. The maximum absolute atomic E-state index is 11.4. The second-order valence-corrected chi connectivity index (χ2v) is 6.71. The van der Waals surface area contributed by atoms with E-state index in [1.807, 2.05) is 30.3 Å². The van der Waals surface area contributed by atoms with E-state index >= 15 is 0 Å². The predicted octanol–water partition coefficient (Wildman–Crippen LogP) is 3.19. The molecule has 1 aromatic carbocycles. The number of para-hydroxylation sites is 1. The number of nitrogens with one attached hydrogen (secondary N) is 1. The fraction of sp³-hybridized carbons (Fsp3) is 0.412. The highest BCUT2D eigenvalue weighted by Crippen LogP contribution is 2.33. The van der Waals surface area contributed by atoms with Crippen LogP contribution in [-0.2, 0) is 0 Å². The fourth-order valence-corrected chi connectivity index (χ4v) is 3.35. The average molecular weight is 342 g/mol. The number of benzene rings is 1. The Balaban J connectivity index is 1.99. The van der Waals surface area contributed by atoms with Gasteiger partial charge in [-0.3, -0.25) is 10.1 Å². The lowest BCUT2D eigenvalue weighted by atomic mass is 9.92. The van der Waals surface area contributed by atoms with E-state index in [9.17, 15) is 10.1 Å². The minimum atomic E-state index is -0.550. The first-order valence-corrected chi connectivity index (χ1v) is 8.33. The number of hydrogen-bond acceptors (Lipinski definition) is 7. The van der Waals surface area contributed by atoms with Crippen LogP contribution >= 0.6 is 0 Å². The van der Waals surface area contributed by atoms with Crippen molar-refractivity contribution in [3.8, 4) is 0 Å². The number of rotatable bonds is 4. The van der Waals surface area contributed by atoms with Gasteiger partial charge < -0.3 is 16.0 Å². The molecule has 1 aliphatic heterocycles. The first-order valence-electron chi connectivity index (χ1n) is 8.33. The van der Waals surface area contributed by atoms with Gasteiger partial charge in [0.2, 0.25) is 17.6 Å². The second kappa shape index (κ2) is 6.92. The molecule has 0 spiro atoms. The topological polar surface area (TPSA) is 110 Å². The van der Waals surface area contributed by atoms with Crippen LogP contribution in [0.15, 0.2) is 30.3 Å². The molecule has 8 nitrogen and oxygen atoms in total. The summed E-state index contributed by atoms with van der Waals surface area (Å²) < 4.78 is 0. The third kappa shape index (κ3) is 3.78. The van der Waals surface area contributed by atoms with Gasteiger partial charge >= 0.3 is 5.69 Å². The van der Waals surface area contributed by atoms with Gasteiger partial charge in [-0.15, -0.1) is 0 Å². The zero-order chi connectivity index (χ0) is 18.0. The van der Waals surface area contributed by atoms with Crippen molar-refractivity contribution in [1.82, 2.24) is 9.97 Å². The van der Waals surface area contributed by atoms with Crippen LogP contribution in [0.25, 0.3) is 0 Å². The Hall–Kier alpha value is -2.90. The molecule has 1 aromatic heterocycles. The van der Waals surface area contributed by atoms with Gasteiger partial charge in [-0.25, -0.2) is 0 Å². The van der Waals surface area contributed by atoms with Gasteiger partial charge in [-0.2, -0.15) is 9.97 Å². The van der Waals surface area contributed by atoms with E-state index in [1.165, 1.54) is 0 Å². The number of anilines is 4. The van der Waals surface area contributed by atoms with Crippen molar-refractivity contribution >= 4 is 29.0 Å². The van der Waals surface area contributed by atoms with Crippen LogP contribution in [0.5, 0.6) is 0 Å². The Kier molecular flexibility index (Phi) is 4.69. The van der Waals surface area contributed by atoms with Gasteiger partial charge in [0.25, 0.3) is 0 Å². The Labute approximate surface area is 146 Å². The third-order valence-electron chi connectivity index (χ3n) is 4.27. The Morgan fingerprint density at radius 1 is 1.20 bits per heavy atom. The number of nitro groups is 1. The number of nitrogens with two attached hydrogens (primary N) is 1. The molecule has 8 heteroatoms. The molecule has 0 bridgehead atoms. The number of nitrogen functional groups attached to an aromatic ring is 1. The molecule has 2 atom stereocenters. The predicted molar refractivity (Wildman–Crippen MR) is 98.0 cm³/mol. The molecule has 0 aliphatic carbocycles. The normalized spacial score (nSPS) is 20.3. The van der Waals surface area contributed by atoms with E-state index in [4.69, 9.17) is 5.73 Å². The highest BCUT2D eigenvalue weighted by molar-refractivity contribution is 5.74. The van der Waals surface area contributed by atoms with Crippen molar-refractivity contribution < 1.29 is 4.92 Å². The van der Waals surface area contributed by atoms with Gasteiger partial charge in [0.15, 0.2) is 0 Å². The summed E-state index contributed by atoms with van der Waals surface area (Å²) in [6, 6.07) is 9.18. The second-order valence-electron chi connectivity index (χ2n) is 6.71. The molecule has 0 radical (unpaired) electrons. The molecule has 2 aromatic rings. The lowest BCUT2D eigenvalue weighted by Gasteiger charge is -2.35. The molecule has 0 saturated carbocycles. The summed E-state index contributed by atoms with van der Waals surface area (Å²) in [6.07, 6.45) is 1.15. The monoisotopic (exact) mass is 342 g/mol. The summed E-state index contributed by atoms with van der Waals surface area (Å²) >= 11 is 0. The summed E-state index contributed by atoms with van der Waals surface area (Å²) in [5.74, 6) is 1.44. The molecule has 25 heavy (non-hydrogen) atoms. The van der Waals surface area contributed by atoms with Crippen molar-refractivity contribution in [2.24, 2.45) is 11.8 Å². The SMILES string of the molecule is C[C@@H]1C[C@H](C)CN(c2nc(N)c([N+](=O)[O-])c(Nc3ccccc3)n2)C1. The molecule has 1 aliphatic rings. The Morgan fingerprint density at radius 3 is 2.44 bits per heavy atom. The van der Waals surface area contributed by atoms with Gasteiger partial charge in [-0.05, 0) is 30.4 Å². The van der Waals surface area contributed by atoms with Crippen LogP contribution in [0.4, 0.5) is 29.0 Å². The van der Waals surface area contributed by atoms with E-state index in [1.54, 1.807) is 0 Å². The standard InChI is InChI=1S/C17H22N6O2/c1-11-8-12(2)10-22(9-11)17-20-15(18)14(23(24)25)16(21-17)19-13-6-4-3-5-7-13/h3-7,11-12H,8-10H2,1-2H3,(H3,18,19,20,21)/t11-,12+. The quantitative estimate of drug-likeness (QED) is 0.648. The van der Waals surface area contributed by atoms with Crippen LogP contribution in [0.3, 0.4) is 0 Å². The van der Waals surface area contributed by atoms with Crippen molar-refractivity contribution in [3.05, 3.63) is 40.4 Å². The molecule has 132 valence electrons. The molecular weight excluding hydrogens is 320 g/mol. The summed E-state index contributed by atoms with van der Waals surface area (Å²) in [5, 5.41) is 14.4. The molecule has 1 fully saturated rings. The van der Waals surface area contributed by atoms with E-state index in [-0.39, 0.29) is 17.3 Å². The fourth-order valence-electron chi connectivity index (χ4n) is 3.35. The van der Waals surface area contributed by atoms with E-state index in [2.05, 4.69) is 34.0 Å². The van der Waals surface area contributed by atoms with Gasteiger partial charge in [-0.1, -0.05) is 32.0 Å². The van der Waals surface area contributed by atoms with Crippen molar-refractivity contribution in [2.75, 3.05) is 29.0 Å². The van der Waals surface area contributed by atoms with Crippen LogP contribution in [0.2, 0.25) is 0 Å². The largest absolute Gasteiger partial charge is 0.378 e. The molecular formula is C17H22N6O2. The minimum absolute atomic E-state index is 0.115. The highest BCUT2D eigenvalue weighted by Gasteiger charge is 2.28. The van der Waals surface area contributed by atoms with E-state index in [0.717, 1.165) is 19.5 Å². The van der Waals surface area contributed by atoms with Crippen molar-refractivity contribution in [3.63, 3.8) is 0 Å². The first-order chi connectivity index (χ1) is 11.9.